The Morgan fingerprint density at radius 2 is 2.04 bits per heavy atom. The van der Waals surface area contributed by atoms with Crippen LogP contribution in [0.1, 0.15) is 5.56 Å². The zero-order chi connectivity index (χ0) is 16.2. The highest BCUT2D eigenvalue weighted by molar-refractivity contribution is 9.10. The summed E-state index contributed by atoms with van der Waals surface area (Å²) < 4.78 is 1.48. The van der Waals surface area contributed by atoms with Gasteiger partial charge < -0.3 is 5.32 Å². The number of benzene rings is 1. The highest BCUT2D eigenvalue weighted by Gasteiger charge is 2.31. The molecule has 1 aromatic carbocycles. The number of nitrogens with one attached hydrogen (secondary N) is 1. The molecule has 1 amide bonds. The average molecular weight is 406 g/mol. The zero-order valence-corrected chi connectivity index (χ0v) is 15.1. The summed E-state index contributed by atoms with van der Waals surface area (Å²) in [6, 6.07) is 13.3. The van der Waals surface area contributed by atoms with Crippen LogP contribution in [0.2, 0.25) is 0 Å². The largest absolute Gasteiger partial charge is 0.352 e. The number of hydrogen-bond donors (Lipinski definition) is 1. The number of nitrogens with zero attached hydrogens (tertiary/aromatic N) is 2. The van der Waals surface area contributed by atoms with Gasteiger partial charge >= 0.3 is 0 Å². The predicted octanol–water partition coefficient (Wildman–Crippen LogP) is 4.11. The van der Waals surface area contributed by atoms with Crippen molar-refractivity contribution in [1.29, 1.82) is 0 Å². The number of amides is 1. The smallest absolute Gasteiger partial charge is 0.267 e. The lowest BCUT2D eigenvalue weighted by molar-refractivity contribution is -0.121. The van der Waals surface area contributed by atoms with Gasteiger partial charge in [-0.3, -0.25) is 9.69 Å². The Labute approximate surface area is 152 Å². The fraction of sp³-hybridized carbons (Fsp3) is 0.0625. The molecule has 1 N–H and O–H groups in total. The van der Waals surface area contributed by atoms with E-state index < -0.39 is 0 Å². The lowest BCUT2D eigenvalue weighted by Gasteiger charge is -2.15. The van der Waals surface area contributed by atoms with Gasteiger partial charge in [0.2, 0.25) is 0 Å². The van der Waals surface area contributed by atoms with Crippen LogP contribution in [-0.2, 0) is 4.79 Å². The van der Waals surface area contributed by atoms with Gasteiger partial charge in [-0.25, -0.2) is 4.98 Å². The SMILES string of the molecule is O=C1/C(=C\c2ccccc2Br)SC(=S)N1CNc1ccccn1. The number of thiocarbonyl (C=S) groups is 1. The van der Waals surface area contributed by atoms with Gasteiger partial charge in [0.25, 0.3) is 5.91 Å². The van der Waals surface area contributed by atoms with E-state index in [1.54, 1.807) is 6.20 Å². The van der Waals surface area contributed by atoms with Crippen molar-refractivity contribution >= 4 is 62.0 Å². The molecule has 3 rings (SSSR count). The molecule has 1 aliphatic rings. The molecule has 1 aliphatic heterocycles. The van der Waals surface area contributed by atoms with E-state index in [0.717, 1.165) is 10.0 Å². The maximum absolute atomic E-state index is 12.5. The third-order valence-corrected chi connectivity index (χ3v) is 5.25. The number of pyridine rings is 1. The van der Waals surface area contributed by atoms with E-state index in [2.05, 4.69) is 26.2 Å². The Bertz CT molecular complexity index is 780. The Kier molecular flexibility index (Phi) is 5.09. The quantitative estimate of drug-likeness (QED) is 0.612. The van der Waals surface area contributed by atoms with Crippen molar-refractivity contribution < 1.29 is 4.79 Å². The minimum Gasteiger partial charge on any atom is -0.352 e. The number of hydrogen-bond acceptors (Lipinski definition) is 5. The van der Waals surface area contributed by atoms with Crippen molar-refractivity contribution in [2.45, 2.75) is 0 Å². The second-order valence-corrected chi connectivity index (χ2v) is 7.21. The Morgan fingerprint density at radius 3 is 2.78 bits per heavy atom. The molecular weight excluding hydrogens is 394 g/mol. The summed E-state index contributed by atoms with van der Waals surface area (Å²) in [5.41, 5.74) is 0.950. The van der Waals surface area contributed by atoms with Crippen molar-refractivity contribution in [1.82, 2.24) is 9.88 Å². The van der Waals surface area contributed by atoms with Crippen LogP contribution < -0.4 is 5.32 Å². The fourth-order valence-electron chi connectivity index (χ4n) is 2.00. The van der Waals surface area contributed by atoms with Gasteiger partial charge in [-0.05, 0) is 29.8 Å². The average Bonchev–Trinajstić information content (AvgIpc) is 2.82. The number of carbonyl (C=O) groups excluding carboxylic acids is 1. The summed E-state index contributed by atoms with van der Waals surface area (Å²) in [5, 5.41) is 3.10. The third-order valence-electron chi connectivity index (χ3n) is 3.15. The summed E-state index contributed by atoms with van der Waals surface area (Å²) in [6.45, 7) is 0.301. The molecule has 0 spiro atoms. The first-order valence-electron chi connectivity index (χ1n) is 6.80. The maximum atomic E-state index is 12.5. The molecule has 23 heavy (non-hydrogen) atoms. The molecule has 0 aliphatic carbocycles. The standard InChI is InChI=1S/C16H12BrN3OS2/c17-12-6-2-1-5-11(12)9-13-15(21)20(16(22)23-13)10-19-14-7-3-4-8-18-14/h1-9H,10H2,(H,18,19)/b13-9+. The van der Waals surface area contributed by atoms with Crippen LogP contribution in [-0.4, -0.2) is 26.8 Å². The molecule has 2 heterocycles. The molecule has 1 aromatic heterocycles. The van der Waals surface area contributed by atoms with E-state index in [4.69, 9.17) is 12.2 Å². The highest BCUT2D eigenvalue weighted by atomic mass is 79.9. The molecule has 116 valence electrons. The Morgan fingerprint density at radius 1 is 1.26 bits per heavy atom. The first-order chi connectivity index (χ1) is 11.1. The Balaban J connectivity index is 1.74. The first kappa shape index (κ1) is 16.2. The van der Waals surface area contributed by atoms with Crippen LogP contribution in [0, 0.1) is 0 Å². The zero-order valence-electron chi connectivity index (χ0n) is 11.9. The molecule has 0 atom stereocenters. The molecule has 0 saturated carbocycles. The van der Waals surface area contributed by atoms with Crippen LogP contribution in [0.4, 0.5) is 5.82 Å². The van der Waals surface area contributed by atoms with E-state index in [-0.39, 0.29) is 5.91 Å². The van der Waals surface area contributed by atoms with Crippen LogP contribution >= 0.6 is 39.9 Å². The van der Waals surface area contributed by atoms with Crippen molar-refractivity contribution in [2.75, 3.05) is 12.0 Å². The number of thioether (sulfide) groups is 1. The molecule has 1 fully saturated rings. The maximum Gasteiger partial charge on any atom is 0.267 e. The predicted molar refractivity (Wildman–Crippen MR) is 102 cm³/mol. The number of aromatic nitrogens is 1. The van der Waals surface area contributed by atoms with Crippen LogP contribution in [0.5, 0.6) is 0 Å². The van der Waals surface area contributed by atoms with E-state index in [1.165, 1.54) is 16.7 Å². The topological polar surface area (TPSA) is 45.2 Å². The molecule has 0 unspecified atom stereocenters. The highest BCUT2D eigenvalue weighted by Crippen LogP contribution is 2.33. The van der Waals surface area contributed by atoms with Crippen molar-refractivity contribution in [3.05, 3.63) is 63.6 Å². The van der Waals surface area contributed by atoms with Gasteiger partial charge in [-0.1, -0.05) is 64.2 Å². The summed E-state index contributed by atoms with van der Waals surface area (Å²) in [6.07, 6.45) is 3.55. The normalized spacial score (nSPS) is 16.2. The van der Waals surface area contributed by atoms with Crippen molar-refractivity contribution in [3.8, 4) is 0 Å². The molecule has 4 nitrogen and oxygen atoms in total. The van der Waals surface area contributed by atoms with Gasteiger partial charge in [0.1, 0.15) is 10.1 Å². The van der Waals surface area contributed by atoms with Gasteiger partial charge in [-0.15, -0.1) is 0 Å². The summed E-state index contributed by atoms with van der Waals surface area (Å²) in [7, 11) is 0. The minimum atomic E-state index is -0.0980. The van der Waals surface area contributed by atoms with Gasteiger partial charge in [0.15, 0.2) is 0 Å². The van der Waals surface area contributed by atoms with Gasteiger partial charge in [0.05, 0.1) is 11.6 Å². The van der Waals surface area contributed by atoms with Crippen molar-refractivity contribution in [3.63, 3.8) is 0 Å². The summed E-state index contributed by atoms with van der Waals surface area (Å²) in [5.74, 6) is 0.607. The minimum absolute atomic E-state index is 0.0980. The van der Waals surface area contributed by atoms with Crippen molar-refractivity contribution in [2.24, 2.45) is 0 Å². The number of anilines is 1. The van der Waals surface area contributed by atoms with E-state index in [1.807, 2.05) is 48.5 Å². The lowest BCUT2D eigenvalue weighted by Crippen LogP contribution is -2.33. The second-order valence-electron chi connectivity index (χ2n) is 4.68. The summed E-state index contributed by atoms with van der Waals surface area (Å²) in [4.78, 5) is 18.8. The molecule has 2 aromatic rings. The van der Waals surface area contributed by atoms with E-state index in [9.17, 15) is 4.79 Å². The lowest BCUT2D eigenvalue weighted by atomic mass is 10.2. The summed E-state index contributed by atoms with van der Waals surface area (Å²) >= 11 is 10.1. The van der Waals surface area contributed by atoms with E-state index in [0.29, 0.717) is 21.7 Å². The second kappa shape index (κ2) is 7.25. The van der Waals surface area contributed by atoms with Gasteiger partial charge in [0, 0.05) is 10.7 Å². The fourth-order valence-corrected chi connectivity index (χ4v) is 3.64. The molecule has 7 heteroatoms. The first-order valence-corrected chi connectivity index (χ1v) is 8.82. The van der Waals surface area contributed by atoms with Gasteiger partial charge in [-0.2, -0.15) is 0 Å². The van der Waals surface area contributed by atoms with Crippen LogP contribution in [0.15, 0.2) is 58.0 Å². The molecule has 1 saturated heterocycles. The molecule has 0 bridgehead atoms. The number of carbonyl (C=O) groups is 1. The Hall–Kier alpha value is -1.70. The molecule has 0 radical (unpaired) electrons. The monoisotopic (exact) mass is 405 g/mol. The third kappa shape index (κ3) is 3.80. The molecular formula is C16H12BrN3OS2. The number of rotatable bonds is 4. The van der Waals surface area contributed by atoms with Crippen LogP contribution in [0.25, 0.3) is 6.08 Å². The van der Waals surface area contributed by atoms with Crippen LogP contribution in [0.3, 0.4) is 0 Å². The number of halogens is 1. The van der Waals surface area contributed by atoms with E-state index >= 15 is 0 Å².